The molecule has 0 aromatic heterocycles. The van der Waals surface area contributed by atoms with E-state index in [2.05, 4.69) is 0 Å². The maximum absolute atomic E-state index is 10.7. The first kappa shape index (κ1) is 22.1. The molecule has 15 heteroatoms. The van der Waals surface area contributed by atoms with Crippen molar-refractivity contribution in [3.63, 3.8) is 0 Å². The van der Waals surface area contributed by atoms with Crippen LogP contribution in [0.3, 0.4) is 0 Å². The van der Waals surface area contributed by atoms with Crippen LogP contribution in [0.25, 0.3) is 0 Å². The smallest absolute Gasteiger partial charge is 0.279 e. The molecule has 0 saturated carbocycles. The predicted molar refractivity (Wildman–Crippen MR) is 35.2 cm³/mol. The fourth-order valence-corrected chi connectivity index (χ4v) is 0. The molecule has 111 valence electrons. The molecule has 0 aliphatic heterocycles. The minimum absolute atomic E-state index is 0. The molecule has 1 radical (unpaired) electrons. The van der Waals surface area contributed by atoms with Crippen molar-refractivity contribution in [2.45, 2.75) is 11.0 Å². The van der Waals surface area contributed by atoms with Crippen molar-refractivity contribution in [1.29, 1.82) is 0 Å². The van der Waals surface area contributed by atoms with Crippen LogP contribution in [-0.2, 0) is 37.3 Å². The quantitative estimate of drug-likeness (QED) is 0.285. The zero-order chi connectivity index (χ0) is 14.0. The number of hydrogen-bond acceptors (Lipinski definition) is 4. The minimum Gasteiger partial charge on any atom is -0.279 e. The summed E-state index contributed by atoms with van der Waals surface area (Å²) in [5.74, 6) is 0. The molecule has 0 rings (SSSR count). The summed E-state index contributed by atoms with van der Waals surface area (Å²) in [7, 11) is -11.7. The molecule has 0 aliphatic rings. The van der Waals surface area contributed by atoms with E-state index >= 15 is 0 Å². The van der Waals surface area contributed by atoms with Crippen LogP contribution in [0.2, 0.25) is 0 Å². The molecule has 0 aliphatic carbocycles. The van der Waals surface area contributed by atoms with Gasteiger partial charge in [0.05, 0.1) is 0 Å². The van der Waals surface area contributed by atoms with Crippen LogP contribution >= 0.6 is 0 Å². The van der Waals surface area contributed by atoms with E-state index in [9.17, 15) is 26.3 Å². The first-order valence-corrected chi connectivity index (χ1v) is 5.45. The molecule has 0 atom stereocenters. The van der Waals surface area contributed by atoms with Gasteiger partial charge in [0.25, 0.3) is 0 Å². The Morgan fingerprint density at radius 1 is 0.647 bits per heavy atom. The summed E-state index contributed by atoms with van der Waals surface area (Å²) in [6.07, 6.45) is 0. The number of alkyl halides is 6. The Kier molecular flexibility index (Phi) is 8.06. The summed E-state index contributed by atoms with van der Waals surface area (Å²) in [6, 6.07) is 0. The Morgan fingerprint density at radius 3 is 0.706 bits per heavy atom. The van der Waals surface area contributed by atoms with Gasteiger partial charge >= 0.3 is 31.3 Å². The van der Waals surface area contributed by atoms with Crippen LogP contribution in [0.5, 0.6) is 0 Å². The summed E-state index contributed by atoms with van der Waals surface area (Å²) < 4.78 is 115. The Balaban J connectivity index is -0.000000218. The Morgan fingerprint density at radius 2 is 0.706 bits per heavy atom. The second kappa shape index (κ2) is 6.19. The van der Waals surface area contributed by atoms with Gasteiger partial charge in [-0.15, -0.1) is 0 Å². The molecule has 17 heavy (non-hydrogen) atoms. The first-order chi connectivity index (χ1) is 6.50. The molecule has 0 spiro atoms. The minimum atomic E-state index is -5.84. The van der Waals surface area contributed by atoms with Gasteiger partial charge in [0.2, 0.25) is 0 Å². The largest absolute Gasteiger partial charge is 0.522 e. The summed E-state index contributed by atoms with van der Waals surface area (Å²) in [5, 5.41) is 0. The number of hydrogen-bond donors (Lipinski definition) is 2. The van der Waals surface area contributed by atoms with Gasteiger partial charge in [0.15, 0.2) is 0 Å². The van der Waals surface area contributed by atoms with E-state index in [-0.39, 0.29) is 17.1 Å². The van der Waals surface area contributed by atoms with Gasteiger partial charge in [0.1, 0.15) is 0 Å². The van der Waals surface area contributed by atoms with Gasteiger partial charge in [-0.2, -0.15) is 43.2 Å². The molecule has 0 aromatic rings. The maximum Gasteiger partial charge on any atom is 0.522 e. The van der Waals surface area contributed by atoms with Gasteiger partial charge < -0.3 is 0 Å². The Bertz CT molecular complexity index is 374. The van der Waals surface area contributed by atoms with Gasteiger partial charge in [-0.3, -0.25) is 9.11 Å². The number of rotatable bonds is 0. The van der Waals surface area contributed by atoms with E-state index in [0.717, 1.165) is 0 Å². The van der Waals surface area contributed by atoms with E-state index in [0.29, 0.717) is 0 Å². The summed E-state index contributed by atoms with van der Waals surface area (Å²) in [4.78, 5) is 0. The SMILES string of the molecule is O=S(=O)(O)C(F)(F)F.O=S(=O)(O)C(F)(F)F.[Cu]. The van der Waals surface area contributed by atoms with Crippen molar-refractivity contribution >= 4 is 20.2 Å². The number of halogens is 6. The molecular formula is C2H2CuF6O6S2. The molecule has 6 nitrogen and oxygen atoms in total. The Labute approximate surface area is 101 Å². The van der Waals surface area contributed by atoms with Crippen molar-refractivity contribution < 1.29 is 69.4 Å². The van der Waals surface area contributed by atoms with Crippen LogP contribution in [-0.4, -0.2) is 37.0 Å². The van der Waals surface area contributed by atoms with Crippen LogP contribution in [0.4, 0.5) is 26.3 Å². The molecule has 0 bridgehead atoms. The molecule has 0 unspecified atom stereocenters. The molecule has 2 N–H and O–H groups in total. The third-order valence-electron chi connectivity index (χ3n) is 0.585. The monoisotopic (exact) mass is 363 g/mol. The van der Waals surface area contributed by atoms with Crippen LogP contribution < -0.4 is 0 Å². The van der Waals surface area contributed by atoms with Gasteiger partial charge in [-0.05, 0) is 0 Å². The predicted octanol–water partition coefficient (Wildman–Crippen LogP) is 0.786. The van der Waals surface area contributed by atoms with Crippen molar-refractivity contribution in [3.8, 4) is 0 Å². The summed E-state index contributed by atoms with van der Waals surface area (Å²) in [6.45, 7) is 0. The van der Waals surface area contributed by atoms with Crippen molar-refractivity contribution in [3.05, 3.63) is 0 Å². The molecule has 0 heterocycles. The standard InChI is InChI=1S/2CHF3O3S.Cu/c2*2-1(3,4)8(5,6)7;/h2*(H,5,6,7);. The Hall–Kier alpha value is -0.0805. The first-order valence-electron chi connectivity index (χ1n) is 2.57. The molecule has 0 amide bonds. The topological polar surface area (TPSA) is 109 Å². The maximum atomic E-state index is 10.7. The fraction of sp³-hybridized carbons (Fsp3) is 1.00. The van der Waals surface area contributed by atoms with E-state index in [4.69, 9.17) is 25.9 Å². The average molecular weight is 364 g/mol. The zero-order valence-electron chi connectivity index (χ0n) is 6.91. The molecule has 0 saturated heterocycles. The van der Waals surface area contributed by atoms with Crippen LogP contribution in [0.1, 0.15) is 0 Å². The van der Waals surface area contributed by atoms with Crippen molar-refractivity contribution in [1.82, 2.24) is 0 Å². The van der Waals surface area contributed by atoms with E-state index in [1.807, 2.05) is 0 Å². The van der Waals surface area contributed by atoms with Crippen LogP contribution in [0, 0.1) is 0 Å². The molecule has 0 fully saturated rings. The van der Waals surface area contributed by atoms with Gasteiger partial charge in [-0.1, -0.05) is 0 Å². The summed E-state index contributed by atoms with van der Waals surface area (Å²) in [5.41, 5.74) is -11.1. The van der Waals surface area contributed by atoms with E-state index in [1.54, 1.807) is 0 Å². The third-order valence-corrected chi connectivity index (χ3v) is 1.75. The molecule has 0 aromatic carbocycles. The van der Waals surface area contributed by atoms with Gasteiger partial charge in [0, 0.05) is 17.1 Å². The van der Waals surface area contributed by atoms with Crippen molar-refractivity contribution in [2.24, 2.45) is 0 Å². The second-order valence-electron chi connectivity index (χ2n) is 1.84. The summed E-state index contributed by atoms with van der Waals surface area (Å²) >= 11 is 0. The zero-order valence-corrected chi connectivity index (χ0v) is 9.49. The average Bonchev–Trinajstić information content (AvgIpc) is 1.77. The van der Waals surface area contributed by atoms with Crippen LogP contribution in [0.15, 0.2) is 0 Å². The van der Waals surface area contributed by atoms with E-state index in [1.165, 1.54) is 0 Å². The second-order valence-corrected chi connectivity index (χ2v) is 4.67. The van der Waals surface area contributed by atoms with Crippen molar-refractivity contribution in [2.75, 3.05) is 0 Å². The normalized spacial score (nSPS) is 13.2. The third kappa shape index (κ3) is 9.61. The van der Waals surface area contributed by atoms with Gasteiger partial charge in [-0.25, -0.2) is 0 Å². The molecular weight excluding hydrogens is 362 g/mol. The van der Waals surface area contributed by atoms with E-state index < -0.39 is 31.3 Å². The fourth-order valence-electron chi connectivity index (χ4n) is 0.